The van der Waals surface area contributed by atoms with Crippen LogP contribution < -0.4 is 5.32 Å². The second-order valence-corrected chi connectivity index (χ2v) is 5.34. The molecule has 0 saturated carbocycles. The summed E-state index contributed by atoms with van der Waals surface area (Å²) in [6, 6.07) is 7.88. The monoisotopic (exact) mass is 291 g/mol. The zero-order valence-corrected chi connectivity index (χ0v) is 12.1. The van der Waals surface area contributed by atoms with Crippen LogP contribution in [-0.4, -0.2) is 49.3 Å². The molecule has 0 spiro atoms. The largest absolute Gasteiger partial charge is 0.379 e. The smallest absolute Gasteiger partial charge is 0.133 e. The Hall–Kier alpha value is -1.36. The van der Waals surface area contributed by atoms with Crippen molar-refractivity contribution >= 4 is 28.2 Å². The Bertz CT molecular complexity index is 584. The van der Waals surface area contributed by atoms with Crippen LogP contribution >= 0.6 is 11.6 Å². The van der Waals surface area contributed by atoms with Crippen molar-refractivity contribution in [1.29, 1.82) is 0 Å². The van der Waals surface area contributed by atoms with Crippen molar-refractivity contribution in [2.24, 2.45) is 0 Å². The van der Waals surface area contributed by atoms with Gasteiger partial charge in [-0.1, -0.05) is 17.7 Å². The van der Waals surface area contributed by atoms with E-state index in [0.717, 1.165) is 61.0 Å². The summed E-state index contributed by atoms with van der Waals surface area (Å²) in [6.07, 6.45) is 1.83. The first-order valence-electron chi connectivity index (χ1n) is 6.91. The fourth-order valence-corrected chi connectivity index (χ4v) is 2.61. The van der Waals surface area contributed by atoms with E-state index in [4.69, 9.17) is 16.3 Å². The Morgan fingerprint density at radius 3 is 2.95 bits per heavy atom. The fourth-order valence-electron chi connectivity index (χ4n) is 2.44. The number of nitrogens with zero attached hydrogens (tertiary/aromatic N) is 2. The summed E-state index contributed by atoms with van der Waals surface area (Å²) in [5.74, 6) is 0.901. The SMILES string of the molecule is Clc1ccc2ccnc(NCCN3CCOCC3)c2c1. The Balaban J connectivity index is 1.66. The standard InChI is InChI=1S/C15H18ClN3O/c16-13-2-1-12-3-4-17-15(14(12)11-13)18-5-6-19-7-9-20-10-8-19/h1-4,11H,5-10H2,(H,17,18). The van der Waals surface area contributed by atoms with Crippen molar-refractivity contribution in [3.05, 3.63) is 35.5 Å². The highest BCUT2D eigenvalue weighted by atomic mass is 35.5. The number of nitrogens with one attached hydrogen (secondary N) is 1. The van der Waals surface area contributed by atoms with E-state index < -0.39 is 0 Å². The zero-order valence-electron chi connectivity index (χ0n) is 11.3. The predicted molar refractivity (Wildman–Crippen MR) is 82.5 cm³/mol. The maximum absolute atomic E-state index is 6.07. The number of hydrogen-bond donors (Lipinski definition) is 1. The molecule has 0 aliphatic carbocycles. The molecule has 5 heteroatoms. The van der Waals surface area contributed by atoms with Gasteiger partial charge in [0, 0.05) is 42.8 Å². The summed E-state index contributed by atoms with van der Waals surface area (Å²) in [7, 11) is 0. The molecule has 1 aliphatic rings. The molecule has 1 aromatic carbocycles. The molecule has 1 aromatic heterocycles. The molecule has 1 saturated heterocycles. The first kappa shape index (κ1) is 13.6. The van der Waals surface area contributed by atoms with E-state index in [1.165, 1.54) is 0 Å². The van der Waals surface area contributed by atoms with Crippen LogP contribution in [0.25, 0.3) is 10.8 Å². The average molecular weight is 292 g/mol. The second kappa shape index (κ2) is 6.39. The van der Waals surface area contributed by atoms with Gasteiger partial charge >= 0.3 is 0 Å². The van der Waals surface area contributed by atoms with E-state index >= 15 is 0 Å². The van der Waals surface area contributed by atoms with Gasteiger partial charge in [0.2, 0.25) is 0 Å². The summed E-state index contributed by atoms with van der Waals surface area (Å²) in [4.78, 5) is 6.82. The number of benzene rings is 1. The zero-order chi connectivity index (χ0) is 13.8. The van der Waals surface area contributed by atoms with Gasteiger partial charge in [-0.2, -0.15) is 0 Å². The highest BCUT2D eigenvalue weighted by Gasteiger charge is 2.10. The van der Waals surface area contributed by atoms with Crippen LogP contribution in [0.2, 0.25) is 5.02 Å². The molecule has 0 radical (unpaired) electrons. The van der Waals surface area contributed by atoms with Crippen molar-refractivity contribution in [3.8, 4) is 0 Å². The van der Waals surface area contributed by atoms with E-state index in [-0.39, 0.29) is 0 Å². The number of hydrogen-bond acceptors (Lipinski definition) is 4. The summed E-state index contributed by atoms with van der Waals surface area (Å²) >= 11 is 6.07. The molecule has 0 bridgehead atoms. The summed E-state index contributed by atoms with van der Waals surface area (Å²) < 4.78 is 5.35. The van der Waals surface area contributed by atoms with Gasteiger partial charge in [0.1, 0.15) is 5.82 Å². The highest BCUT2D eigenvalue weighted by molar-refractivity contribution is 6.31. The summed E-state index contributed by atoms with van der Waals surface area (Å²) in [5, 5.41) is 6.37. The van der Waals surface area contributed by atoms with E-state index in [9.17, 15) is 0 Å². The molecule has 3 rings (SSSR count). The van der Waals surface area contributed by atoms with Crippen LogP contribution in [0.15, 0.2) is 30.5 Å². The molecule has 4 nitrogen and oxygen atoms in total. The highest BCUT2D eigenvalue weighted by Crippen LogP contribution is 2.24. The molecular formula is C15H18ClN3O. The maximum atomic E-state index is 6.07. The van der Waals surface area contributed by atoms with Crippen molar-refractivity contribution in [2.75, 3.05) is 44.7 Å². The summed E-state index contributed by atoms with van der Waals surface area (Å²) in [5.41, 5.74) is 0. The third-order valence-corrected chi connectivity index (χ3v) is 3.79. The molecule has 0 atom stereocenters. The van der Waals surface area contributed by atoms with E-state index in [2.05, 4.69) is 15.2 Å². The lowest BCUT2D eigenvalue weighted by Crippen LogP contribution is -2.39. The maximum Gasteiger partial charge on any atom is 0.133 e. The Morgan fingerprint density at radius 2 is 2.10 bits per heavy atom. The third-order valence-electron chi connectivity index (χ3n) is 3.55. The molecule has 1 aliphatic heterocycles. The normalized spacial score (nSPS) is 16.4. The van der Waals surface area contributed by atoms with Gasteiger partial charge in [-0.3, -0.25) is 4.90 Å². The van der Waals surface area contributed by atoms with Crippen molar-refractivity contribution in [1.82, 2.24) is 9.88 Å². The number of pyridine rings is 1. The molecule has 0 unspecified atom stereocenters. The number of fused-ring (bicyclic) bond motifs is 1. The van der Waals surface area contributed by atoms with Gasteiger partial charge in [-0.15, -0.1) is 0 Å². The van der Waals surface area contributed by atoms with Gasteiger partial charge in [0.25, 0.3) is 0 Å². The second-order valence-electron chi connectivity index (χ2n) is 4.91. The van der Waals surface area contributed by atoms with Crippen molar-refractivity contribution < 1.29 is 4.74 Å². The Kier molecular flexibility index (Phi) is 4.35. The van der Waals surface area contributed by atoms with Gasteiger partial charge in [-0.25, -0.2) is 4.98 Å². The quantitative estimate of drug-likeness (QED) is 0.940. The van der Waals surface area contributed by atoms with Gasteiger partial charge in [0.15, 0.2) is 0 Å². The van der Waals surface area contributed by atoms with Gasteiger partial charge < -0.3 is 10.1 Å². The average Bonchev–Trinajstić information content (AvgIpc) is 2.49. The fraction of sp³-hybridized carbons (Fsp3) is 0.400. The lowest BCUT2D eigenvalue weighted by atomic mass is 10.1. The molecule has 1 N–H and O–H groups in total. The van der Waals surface area contributed by atoms with Gasteiger partial charge in [0.05, 0.1) is 13.2 Å². The molecule has 0 amide bonds. The lowest BCUT2D eigenvalue weighted by Gasteiger charge is -2.26. The minimum absolute atomic E-state index is 0.738. The molecule has 20 heavy (non-hydrogen) atoms. The molecular weight excluding hydrogens is 274 g/mol. The number of halogens is 1. The number of ether oxygens (including phenoxy) is 1. The van der Waals surface area contributed by atoms with E-state index in [1.807, 2.05) is 30.5 Å². The first-order valence-corrected chi connectivity index (χ1v) is 7.29. The molecule has 106 valence electrons. The van der Waals surface area contributed by atoms with Crippen LogP contribution in [0.5, 0.6) is 0 Å². The molecule has 1 fully saturated rings. The first-order chi connectivity index (χ1) is 9.83. The number of aromatic nitrogens is 1. The van der Waals surface area contributed by atoms with E-state index in [1.54, 1.807) is 0 Å². The van der Waals surface area contributed by atoms with Crippen molar-refractivity contribution in [2.45, 2.75) is 0 Å². The number of anilines is 1. The lowest BCUT2D eigenvalue weighted by molar-refractivity contribution is 0.0398. The van der Waals surface area contributed by atoms with Crippen molar-refractivity contribution in [3.63, 3.8) is 0 Å². The molecule has 2 aromatic rings. The summed E-state index contributed by atoms with van der Waals surface area (Å²) in [6.45, 7) is 5.57. The number of rotatable bonds is 4. The van der Waals surface area contributed by atoms with E-state index in [0.29, 0.717) is 0 Å². The van der Waals surface area contributed by atoms with Crippen LogP contribution in [0.1, 0.15) is 0 Å². The van der Waals surface area contributed by atoms with Gasteiger partial charge in [-0.05, 0) is 23.6 Å². The topological polar surface area (TPSA) is 37.4 Å². The van der Waals surface area contributed by atoms with Crippen LogP contribution in [0.3, 0.4) is 0 Å². The number of morpholine rings is 1. The molecule has 2 heterocycles. The Labute approximate surface area is 123 Å². The van der Waals surface area contributed by atoms with Crippen LogP contribution in [-0.2, 0) is 4.74 Å². The Morgan fingerprint density at radius 1 is 1.25 bits per heavy atom. The third kappa shape index (κ3) is 3.20. The predicted octanol–water partition coefficient (Wildman–Crippen LogP) is 2.63. The minimum Gasteiger partial charge on any atom is -0.379 e. The minimum atomic E-state index is 0.738. The van der Waals surface area contributed by atoms with Crippen LogP contribution in [0, 0.1) is 0 Å². The van der Waals surface area contributed by atoms with Crippen LogP contribution in [0.4, 0.5) is 5.82 Å².